The summed E-state index contributed by atoms with van der Waals surface area (Å²) in [5.41, 5.74) is 0.105. The predicted octanol–water partition coefficient (Wildman–Crippen LogP) is 5.78. The average Bonchev–Trinajstić information content (AvgIpc) is 2.85. The summed E-state index contributed by atoms with van der Waals surface area (Å²) >= 11 is 0. The van der Waals surface area contributed by atoms with Crippen LogP contribution in [0.3, 0.4) is 0 Å². The molecule has 0 aliphatic rings. The van der Waals surface area contributed by atoms with E-state index in [2.05, 4.69) is 9.47 Å². The monoisotopic (exact) mass is 578 g/mol. The van der Waals surface area contributed by atoms with Crippen LogP contribution < -0.4 is 9.47 Å². The second-order valence-electron chi connectivity index (χ2n) is 8.03. The molecule has 218 valence electrons. The van der Waals surface area contributed by atoms with Crippen LogP contribution in [0, 0.1) is 5.92 Å². The Balaban J connectivity index is 2.23. The Morgan fingerprint density at radius 2 is 1.27 bits per heavy atom. The van der Waals surface area contributed by atoms with Crippen molar-refractivity contribution in [3.05, 3.63) is 59.7 Å². The first kappa shape index (κ1) is 32.2. The normalized spacial score (nSPS) is 12.4. The van der Waals surface area contributed by atoms with Crippen molar-refractivity contribution in [1.82, 2.24) is 0 Å². The van der Waals surface area contributed by atoms with Gasteiger partial charge in [0.05, 0.1) is 5.92 Å². The van der Waals surface area contributed by atoms with Gasteiger partial charge in [-0.05, 0) is 60.4 Å². The van der Waals surface area contributed by atoms with E-state index in [1.54, 1.807) is 0 Å². The van der Waals surface area contributed by atoms with Crippen LogP contribution in [0.1, 0.15) is 24.0 Å². The SMILES string of the molecule is COCOCCCC(C(=O)/C=C/c1ccc(O)c(OC(F)(F)F)c1)C(=O)/C=C/c1ccc(O)c(OC(F)(F)F)c1. The number of phenols is 2. The molecule has 0 aliphatic carbocycles. The molecule has 0 bridgehead atoms. The fourth-order valence-corrected chi connectivity index (χ4v) is 3.23. The summed E-state index contributed by atoms with van der Waals surface area (Å²) < 4.78 is 92.5. The van der Waals surface area contributed by atoms with Crippen LogP contribution in [0.25, 0.3) is 12.2 Å². The van der Waals surface area contributed by atoms with E-state index in [1.807, 2.05) is 0 Å². The highest BCUT2D eigenvalue weighted by atomic mass is 19.4. The van der Waals surface area contributed by atoms with E-state index in [4.69, 9.17) is 9.47 Å². The van der Waals surface area contributed by atoms with E-state index in [1.165, 1.54) is 19.2 Å². The molecule has 0 saturated carbocycles. The van der Waals surface area contributed by atoms with Crippen molar-refractivity contribution >= 4 is 23.7 Å². The molecule has 0 atom stereocenters. The largest absolute Gasteiger partial charge is 0.573 e. The molecule has 0 unspecified atom stereocenters. The number of ketones is 2. The van der Waals surface area contributed by atoms with E-state index in [-0.39, 0.29) is 37.4 Å². The summed E-state index contributed by atoms with van der Waals surface area (Å²) in [6.07, 6.45) is -5.74. The van der Waals surface area contributed by atoms with Crippen LogP contribution in [0.2, 0.25) is 0 Å². The van der Waals surface area contributed by atoms with Crippen LogP contribution in [0.4, 0.5) is 26.3 Å². The molecule has 2 N–H and O–H groups in total. The van der Waals surface area contributed by atoms with E-state index in [0.717, 1.165) is 48.6 Å². The maximum Gasteiger partial charge on any atom is 0.573 e. The number of halogens is 6. The summed E-state index contributed by atoms with van der Waals surface area (Å²) in [6, 6.07) is 5.96. The molecule has 40 heavy (non-hydrogen) atoms. The molecule has 0 radical (unpaired) electrons. The molecule has 0 fully saturated rings. The summed E-state index contributed by atoms with van der Waals surface area (Å²) in [5, 5.41) is 19.1. The van der Waals surface area contributed by atoms with Crippen LogP contribution in [-0.4, -0.2) is 55.0 Å². The van der Waals surface area contributed by atoms with Gasteiger partial charge in [0.2, 0.25) is 0 Å². The number of hydrogen-bond donors (Lipinski definition) is 2. The molecule has 14 heteroatoms. The standard InChI is InChI=1S/C26H24F6O8/c1-37-15-38-12-2-3-18(19(33)8-4-16-6-10-21(35)23(13-16)39-25(27,28)29)20(34)9-5-17-7-11-22(36)24(14-17)40-26(30,31)32/h4-11,13-14,18,35-36H,2-3,12,15H2,1H3/b8-4+,9-5+. The van der Waals surface area contributed by atoms with Gasteiger partial charge in [-0.1, -0.05) is 24.3 Å². The maximum absolute atomic E-state index is 12.9. The molecule has 2 rings (SSSR count). The summed E-state index contributed by atoms with van der Waals surface area (Å²) in [5.74, 6) is -6.07. The molecule has 0 saturated heterocycles. The fourth-order valence-electron chi connectivity index (χ4n) is 3.23. The first-order chi connectivity index (χ1) is 18.7. The smallest absolute Gasteiger partial charge is 0.504 e. The van der Waals surface area contributed by atoms with Gasteiger partial charge in [-0.25, -0.2) is 0 Å². The minimum atomic E-state index is -5.07. The predicted molar refractivity (Wildman–Crippen MR) is 128 cm³/mol. The highest BCUT2D eigenvalue weighted by Gasteiger charge is 2.33. The Bertz CT molecular complexity index is 1130. The van der Waals surface area contributed by atoms with Crippen LogP contribution >= 0.6 is 0 Å². The maximum atomic E-state index is 12.9. The lowest BCUT2D eigenvalue weighted by Gasteiger charge is -2.12. The molecular weight excluding hydrogens is 554 g/mol. The molecule has 2 aromatic rings. The number of alkyl halides is 6. The van der Waals surface area contributed by atoms with Gasteiger partial charge in [-0.2, -0.15) is 0 Å². The Morgan fingerprint density at radius 3 is 1.68 bits per heavy atom. The van der Waals surface area contributed by atoms with Crippen molar-refractivity contribution in [1.29, 1.82) is 0 Å². The van der Waals surface area contributed by atoms with Gasteiger partial charge in [0.25, 0.3) is 0 Å². The minimum Gasteiger partial charge on any atom is -0.504 e. The van der Waals surface area contributed by atoms with E-state index in [9.17, 15) is 46.1 Å². The number of hydrogen-bond acceptors (Lipinski definition) is 8. The van der Waals surface area contributed by atoms with Gasteiger partial charge in [-0.15, -0.1) is 26.3 Å². The Kier molecular flexibility index (Phi) is 11.6. The molecular formula is C26H24F6O8. The first-order valence-electron chi connectivity index (χ1n) is 11.4. The topological polar surface area (TPSA) is 112 Å². The van der Waals surface area contributed by atoms with Gasteiger partial charge in [0.1, 0.15) is 6.79 Å². The first-order valence-corrected chi connectivity index (χ1v) is 11.4. The lowest BCUT2D eigenvalue weighted by Crippen LogP contribution is -2.22. The molecule has 0 spiro atoms. The molecule has 2 aromatic carbocycles. The van der Waals surface area contributed by atoms with Gasteiger partial charge in [0.15, 0.2) is 34.6 Å². The van der Waals surface area contributed by atoms with Gasteiger partial charge >= 0.3 is 12.7 Å². The molecule has 0 aromatic heterocycles. The van der Waals surface area contributed by atoms with Gasteiger partial charge < -0.3 is 29.2 Å². The lowest BCUT2D eigenvalue weighted by atomic mass is 9.92. The summed E-state index contributed by atoms with van der Waals surface area (Å²) in [7, 11) is 1.40. The molecule has 8 nitrogen and oxygen atoms in total. The van der Waals surface area contributed by atoms with E-state index >= 15 is 0 Å². The highest BCUT2D eigenvalue weighted by molar-refractivity contribution is 6.13. The number of aromatic hydroxyl groups is 2. The number of phenolic OH excluding ortho intramolecular Hbond substituents is 2. The molecule has 0 aliphatic heterocycles. The second kappa shape index (κ2) is 14.4. The zero-order valence-corrected chi connectivity index (χ0v) is 20.8. The number of allylic oxidation sites excluding steroid dienone is 2. The highest BCUT2D eigenvalue weighted by Crippen LogP contribution is 2.33. The number of methoxy groups -OCH3 is 1. The van der Waals surface area contributed by atoms with Crippen molar-refractivity contribution in [2.45, 2.75) is 25.6 Å². The number of rotatable bonds is 14. The lowest BCUT2D eigenvalue weighted by molar-refractivity contribution is -0.276. The summed E-state index contributed by atoms with van der Waals surface area (Å²) in [6.45, 7) is 0.100. The van der Waals surface area contributed by atoms with Crippen LogP contribution in [0.15, 0.2) is 48.6 Å². The third kappa shape index (κ3) is 11.4. The van der Waals surface area contributed by atoms with Crippen molar-refractivity contribution in [3.63, 3.8) is 0 Å². The Labute approximate surface area is 224 Å². The summed E-state index contributed by atoms with van der Waals surface area (Å²) in [4.78, 5) is 25.8. The van der Waals surface area contributed by atoms with Gasteiger partial charge in [-0.3, -0.25) is 9.59 Å². The zero-order valence-electron chi connectivity index (χ0n) is 20.8. The van der Waals surface area contributed by atoms with Crippen molar-refractivity contribution in [3.8, 4) is 23.0 Å². The van der Waals surface area contributed by atoms with Crippen molar-refractivity contribution < 1.29 is 65.1 Å². The molecule has 0 heterocycles. The minimum absolute atomic E-state index is 0.00785. The fraction of sp³-hybridized carbons (Fsp3) is 0.308. The quantitative estimate of drug-likeness (QED) is 0.0955. The number of benzene rings is 2. The Hall–Kier alpha value is -4.04. The third-order valence-electron chi connectivity index (χ3n) is 4.97. The van der Waals surface area contributed by atoms with Crippen molar-refractivity contribution in [2.75, 3.05) is 20.5 Å². The van der Waals surface area contributed by atoms with E-state index < -0.39 is 53.2 Å². The van der Waals surface area contributed by atoms with Crippen molar-refractivity contribution in [2.24, 2.45) is 5.92 Å². The third-order valence-corrected chi connectivity index (χ3v) is 4.97. The number of carbonyl (C=O) groups excluding carboxylic acids is 2. The number of carbonyl (C=O) groups is 2. The van der Waals surface area contributed by atoms with Gasteiger partial charge in [0, 0.05) is 13.7 Å². The number of ether oxygens (including phenoxy) is 4. The van der Waals surface area contributed by atoms with Crippen LogP contribution in [-0.2, 0) is 19.1 Å². The van der Waals surface area contributed by atoms with Crippen LogP contribution in [0.5, 0.6) is 23.0 Å². The van der Waals surface area contributed by atoms with E-state index in [0.29, 0.717) is 0 Å². The second-order valence-corrected chi connectivity index (χ2v) is 8.03. The zero-order chi connectivity index (χ0) is 29.9. The Morgan fingerprint density at radius 1 is 0.825 bits per heavy atom. The average molecular weight is 578 g/mol. The molecule has 0 amide bonds.